The molecule has 3 heteroatoms. The van der Waals surface area contributed by atoms with E-state index in [-0.39, 0.29) is 17.5 Å². The number of carbonyl (C=O) groups excluding carboxylic acids is 1. The first kappa shape index (κ1) is 16.5. The smallest absolute Gasteiger partial charge is 0.262 e. The topological polar surface area (TPSA) is 52.9 Å². The van der Waals surface area contributed by atoms with Crippen LogP contribution in [0.5, 0.6) is 0 Å². The Morgan fingerprint density at radius 1 is 1.00 bits per heavy atom. The monoisotopic (exact) mass is 326 g/mol. The van der Waals surface area contributed by atoms with Gasteiger partial charge in [-0.25, -0.2) is 0 Å². The van der Waals surface area contributed by atoms with Crippen molar-refractivity contribution in [2.45, 2.75) is 13.0 Å². The highest BCUT2D eigenvalue weighted by Gasteiger charge is 2.13. The third kappa shape index (κ3) is 3.94. The van der Waals surface area contributed by atoms with E-state index in [1.54, 1.807) is 6.08 Å². The molecule has 0 aliphatic carbocycles. The van der Waals surface area contributed by atoms with Crippen molar-refractivity contribution in [3.05, 3.63) is 89.5 Å². The van der Waals surface area contributed by atoms with Gasteiger partial charge < -0.3 is 5.32 Å². The van der Waals surface area contributed by atoms with Gasteiger partial charge >= 0.3 is 0 Å². The molecule has 0 bridgehead atoms. The molecule has 0 radical (unpaired) electrons. The Labute approximate surface area is 147 Å². The molecule has 0 saturated carbocycles. The molecule has 1 unspecified atom stereocenters. The summed E-state index contributed by atoms with van der Waals surface area (Å²) in [5, 5.41) is 14.5. The number of nitrogens with one attached hydrogen (secondary N) is 1. The first-order valence-corrected chi connectivity index (χ1v) is 8.14. The van der Waals surface area contributed by atoms with E-state index in [0.29, 0.717) is 0 Å². The molecule has 3 aromatic rings. The number of fused-ring (bicyclic) bond motifs is 1. The van der Waals surface area contributed by atoms with Crippen LogP contribution in [0.3, 0.4) is 0 Å². The second kappa shape index (κ2) is 7.46. The fourth-order valence-electron chi connectivity index (χ4n) is 2.71. The molecule has 1 atom stereocenters. The van der Waals surface area contributed by atoms with E-state index in [9.17, 15) is 10.1 Å². The second-order valence-corrected chi connectivity index (χ2v) is 5.88. The van der Waals surface area contributed by atoms with Crippen LogP contribution in [0.1, 0.15) is 24.1 Å². The summed E-state index contributed by atoms with van der Waals surface area (Å²) in [6.07, 6.45) is 1.62. The minimum atomic E-state index is -0.369. The molecule has 0 aliphatic heterocycles. The van der Waals surface area contributed by atoms with Gasteiger partial charge in [-0.2, -0.15) is 5.26 Å². The Bertz CT molecular complexity index is 968. The number of hydrogen-bond acceptors (Lipinski definition) is 2. The molecule has 0 heterocycles. The maximum Gasteiger partial charge on any atom is 0.262 e. The van der Waals surface area contributed by atoms with Crippen LogP contribution in [0.15, 0.2) is 78.4 Å². The summed E-state index contributed by atoms with van der Waals surface area (Å²) in [6, 6.07) is 25.4. The number of carbonyl (C=O) groups is 1. The standard InChI is InChI=1S/C22H18N2O/c1-16(18-7-3-2-4-8-18)24-22(25)21(15-23)14-17-11-12-19-9-5-6-10-20(19)13-17/h2-14,16H,1H3,(H,24,25)/b21-14+. The van der Waals surface area contributed by atoms with Gasteiger partial charge in [0.15, 0.2) is 0 Å². The number of amides is 1. The number of rotatable bonds is 4. The average Bonchev–Trinajstić information content (AvgIpc) is 2.66. The number of benzene rings is 3. The minimum Gasteiger partial charge on any atom is -0.345 e. The van der Waals surface area contributed by atoms with Crippen molar-refractivity contribution in [1.82, 2.24) is 5.32 Å². The van der Waals surface area contributed by atoms with Gasteiger partial charge in [0.2, 0.25) is 0 Å². The molecule has 0 spiro atoms. The summed E-state index contributed by atoms with van der Waals surface area (Å²) < 4.78 is 0. The van der Waals surface area contributed by atoms with Gasteiger partial charge in [0.25, 0.3) is 5.91 Å². The van der Waals surface area contributed by atoms with Crippen LogP contribution in [0.25, 0.3) is 16.8 Å². The van der Waals surface area contributed by atoms with Gasteiger partial charge in [-0.05, 0) is 41.0 Å². The fraction of sp³-hybridized carbons (Fsp3) is 0.0909. The zero-order valence-electron chi connectivity index (χ0n) is 13.9. The summed E-state index contributed by atoms with van der Waals surface area (Å²) in [6.45, 7) is 1.90. The molecule has 3 aromatic carbocycles. The Morgan fingerprint density at radius 2 is 1.68 bits per heavy atom. The molecule has 1 amide bonds. The summed E-state index contributed by atoms with van der Waals surface area (Å²) in [7, 11) is 0. The van der Waals surface area contributed by atoms with Gasteiger partial charge in [0.1, 0.15) is 11.6 Å². The summed E-state index contributed by atoms with van der Waals surface area (Å²) in [5.41, 5.74) is 1.93. The summed E-state index contributed by atoms with van der Waals surface area (Å²) >= 11 is 0. The highest BCUT2D eigenvalue weighted by Crippen LogP contribution is 2.18. The number of nitrogens with zero attached hydrogens (tertiary/aromatic N) is 1. The van der Waals surface area contributed by atoms with Crippen LogP contribution >= 0.6 is 0 Å². The average molecular weight is 326 g/mol. The highest BCUT2D eigenvalue weighted by atomic mass is 16.1. The third-order valence-corrected chi connectivity index (χ3v) is 4.10. The van der Waals surface area contributed by atoms with E-state index in [0.717, 1.165) is 21.9 Å². The lowest BCUT2D eigenvalue weighted by molar-refractivity contribution is -0.117. The lowest BCUT2D eigenvalue weighted by atomic mass is 10.0. The van der Waals surface area contributed by atoms with Gasteiger partial charge in [0, 0.05) is 0 Å². The first-order valence-electron chi connectivity index (χ1n) is 8.14. The molecule has 25 heavy (non-hydrogen) atoms. The van der Waals surface area contributed by atoms with E-state index in [1.165, 1.54) is 0 Å². The molecule has 0 aromatic heterocycles. The predicted octanol–water partition coefficient (Wildman–Crippen LogP) is 4.62. The number of nitriles is 1. The normalized spacial score (nSPS) is 12.4. The molecule has 1 N–H and O–H groups in total. The second-order valence-electron chi connectivity index (χ2n) is 5.88. The molecular formula is C22H18N2O. The molecule has 0 aliphatic rings. The maximum atomic E-state index is 12.4. The third-order valence-electron chi connectivity index (χ3n) is 4.10. The van der Waals surface area contributed by atoms with E-state index >= 15 is 0 Å². The van der Waals surface area contributed by atoms with Gasteiger partial charge in [-0.15, -0.1) is 0 Å². The molecule has 3 rings (SSSR count). The van der Waals surface area contributed by atoms with Crippen LogP contribution in [-0.4, -0.2) is 5.91 Å². The Morgan fingerprint density at radius 3 is 2.40 bits per heavy atom. The van der Waals surface area contributed by atoms with Crippen molar-refractivity contribution >= 4 is 22.8 Å². The lowest BCUT2D eigenvalue weighted by Crippen LogP contribution is -2.27. The van der Waals surface area contributed by atoms with Crippen molar-refractivity contribution in [2.75, 3.05) is 0 Å². The Kier molecular flexibility index (Phi) is 4.92. The van der Waals surface area contributed by atoms with E-state index < -0.39 is 0 Å². The van der Waals surface area contributed by atoms with Crippen LogP contribution < -0.4 is 5.32 Å². The Hall–Kier alpha value is -3.38. The van der Waals surface area contributed by atoms with Crippen molar-refractivity contribution in [1.29, 1.82) is 5.26 Å². The minimum absolute atomic E-state index is 0.0954. The van der Waals surface area contributed by atoms with Gasteiger partial charge in [-0.1, -0.05) is 66.7 Å². The molecule has 0 saturated heterocycles. The van der Waals surface area contributed by atoms with E-state index in [1.807, 2.05) is 85.8 Å². The van der Waals surface area contributed by atoms with Crippen molar-refractivity contribution in [3.8, 4) is 6.07 Å². The Balaban J connectivity index is 1.81. The SMILES string of the molecule is CC(NC(=O)/C(C#N)=C/c1ccc2ccccc2c1)c1ccccc1. The van der Waals surface area contributed by atoms with Gasteiger partial charge in [0.05, 0.1) is 6.04 Å². The summed E-state index contributed by atoms with van der Waals surface area (Å²) in [5.74, 6) is -0.369. The van der Waals surface area contributed by atoms with Crippen molar-refractivity contribution in [3.63, 3.8) is 0 Å². The largest absolute Gasteiger partial charge is 0.345 e. The quantitative estimate of drug-likeness (QED) is 0.561. The molecule has 122 valence electrons. The molecule has 0 fully saturated rings. The van der Waals surface area contributed by atoms with E-state index in [2.05, 4.69) is 5.32 Å². The maximum absolute atomic E-state index is 12.4. The highest BCUT2D eigenvalue weighted by molar-refractivity contribution is 6.02. The zero-order valence-corrected chi connectivity index (χ0v) is 13.9. The van der Waals surface area contributed by atoms with Gasteiger partial charge in [-0.3, -0.25) is 4.79 Å². The van der Waals surface area contributed by atoms with Crippen LogP contribution in [0, 0.1) is 11.3 Å². The number of hydrogen-bond donors (Lipinski definition) is 1. The van der Waals surface area contributed by atoms with Crippen molar-refractivity contribution < 1.29 is 4.79 Å². The molecule has 3 nitrogen and oxygen atoms in total. The van der Waals surface area contributed by atoms with Crippen molar-refractivity contribution in [2.24, 2.45) is 0 Å². The van der Waals surface area contributed by atoms with E-state index in [4.69, 9.17) is 0 Å². The first-order chi connectivity index (χ1) is 12.2. The van der Waals surface area contributed by atoms with Crippen LogP contribution in [0.2, 0.25) is 0 Å². The fourth-order valence-corrected chi connectivity index (χ4v) is 2.71. The molecular weight excluding hydrogens is 308 g/mol. The summed E-state index contributed by atoms with van der Waals surface area (Å²) in [4.78, 5) is 12.4. The lowest BCUT2D eigenvalue weighted by Gasteiger charge is -2.13. The zero-order chi connectivity index (χ0) is 17.6. The van der Waals surface area contributed by atoms with Crippen LogP contribution in [-0.2, 0) is 4.79 Å². The van der Waals surface area contributed by atoms with Crippen LogP contribution in [0.4, 0.5) is 0 Å². The predicted molar refractivity (Wildman–Crippen MR) is 101 cm³/mol.